The molecule has 0 unspecified atom stereocenters. The summed E-state index contributed by atoms with van der Waals surface area (Å²) in [5, 5.41) is 17.0. The first kappa shape index (κ1) is 37.6. The summed E-state index contributed by atoms with van der Waals surface area (Å²) in [4.78, 5) is 43.6. The maximum Gasteiger partial charge on any atom is 0.305 e. The molecule has 40 heavy (non-hydrogen) atoms. The van der Waals surface area contributed by atoms with Crippen LogP contribution in [0, 0.1) is 0 Å². The van der Waals surface area contributed by atoms with Gasteiger partial charge in [0.2, 0.25) is 0 Å². The third-order valence-electron chi connectivity index (χ3n) is 4.88. The van der Waals surface area contributed by atoms with Crippen molar-refractivity contribution < 1.29 is 67.3 Å². The lowest BCUT2D eigenvalue weighted by Crippen LogP contribution is -2.15. The molecular formula is C26H46O14. The van der Waals surface area contributed by atoms with E-state index in [0.29, 0.717) is 91.8 Å². The molecule has 0 aromatic heterocycles. The maximum absolute atomic E-state index is 11.4. The van der Waals surface area contributed by atoms with Crippen LogP contribution >= 0.6 is 0 Å². The lowest BCUT2D eigenvalue weighted by Gasteiger charge is -2.09. The SMILES string of the molecule is O=C(O)CCCCC(=O)OCCOCCOCCOCCOCCOCCOCCOC(=O)CCCCC(=O)O. The summed E-state index contributed by atoms with van der Waals surface area (Å²) < 4.78 is 42.1. The monoisotopic (exact) mass is 582 g/mol. The van der Waals surface area contributed by atoms with Crippen LogP contribution < -0.4 is 0 Å². The Labute approximate surface area is 235 Å². The fourth-order valence-corrected chi connectivity index (χ4v) is 2.87. The van der Waals surface area contributed by atoms with Gasteiger partial charge in [-0.25, -0.2) is 0 Å². The number of aliphatic carboxylic acids is 2. The molecule has 0 rings (SSSR count). The van der Waals surface area contributed by atoms with E-state index in [0.717, 1.165) is 0 Å². The van der Waals surface area contributed by atoms with Crippen LogP contribution in [0.15, 0.2) is 0 Å². The Bertz CT molecular complexity index is 589. The van der Waals surface area contributed by atoms with Gasteiger partial charge in [-0.05, 0) is 25.7 Å². The predicted molar refractivity (Wildman–Crippen MR) is 139 cm³/mol. The molecule has 14 heteroatoms. The number of ether oxygens (including phenoxy) is 8. The highest BCUT2D eigenvalue weighted by Gasteiger charge is 2.05. The number of rotatable bonds is 31. The van der Waals surface area contributed by atoms with E-state index >= 15 is 0 Å². The Morgan fingerprint density at radius 2 is 0.575 bits per heavy atom. The zero-order chi connectivity index (χ0) is 29.5. The highest BCUT2D eigenvalue weighted by atomic mass is 16.6. The number of unbranched alkanes of at least 4 members (excludes halogenated alkanes) is 2. The van der Waals surface area contributed by atoms with Crippen molar-refractivity contribution in [3.05, 3.63) is 0 Å². The maximum atomic E-state index is 11.4. The van der Waals surface area contributed by atoms with Gasteiger partial charge in [0.1, 0.15) is 13.2 Å². The summed E-state index contributed by atoms with van der Waals surface area (Å²) in [5.74, 6) is -2.46. The second-order valence-electron chi connectivity index (χ2n) is 8.32. The summed E-state index contributed by atoms with van der Waals surface area (Å²) in [6.07, 6.45) is 2.40. The van der Waals surface area contributed by atoms with E-state index < -0.39 is 11.9 Å². The number of carboxylic acid groups (broad SMARTS) is 2. The van der Waals surface area contributed by atoms with Crippen LogP contribution in [0.3, 0.4) is 0 Å². The molecule has 0 radical (unpaired) electrons. The van der Waals surface area contributed by atoms with E-state index in [-0.39, 0.29) is 64.0 Å². The normalized spacial score (nSPS) is 10.9. The Morgan fingerprint density at radius 1 is 0.350 bits per heavy atom. The molecule has 0 aliphatic rings. The third-order valence-corrected chi connectivity index (χ3v) is 4.88. The average molecular weight is 583 g/mol. The molecule has 0 amide bonds. The van der Waals surface area contributed by atoms with Crippen LogP contribution in [-0.4, -0.2) is 127 Å². The van der Waals surface area contributed by atoms with Crippen LogP contribution in [0.4, 0.5) is 0 Å². The Kier molecular flexibility index (Phi) is 27.9. The topological polar surface area (TPSA) is 183 Å². The van der Waals surface area contributed by atoms with Crippen molar-refractivity contribution in [2.45, 2.75) is 51.4 Å². The molecule has 234 valence electrons. The van der Waals surface area contributed by atoms with Crippen molar-refractivity contribution in [1.29, 1.82) is 0 Å². The van der Waals surface area contributed by atoms with E-state index in [1.54, 1.807) is 0 Å². The standard InChI is InChI=1S/C26H46O14/c27-23(28)5-1-3-7-25(31)39-21-19-37-17-15-35-13-11-33-9-10-34-12-14-36-16-18-38-20-22-40-26(32)8-4-2-6-24(29)30/h1-22H2,(H,27,28)(H,29,30). The highest BCUT2D eigenvalue weighted by molar-refractivity contribution is 5.70. The minimum atomic E-state index is -0.871. The van der Waals surface area contributed by atoms with Crippen molar-refractivity contribution in [3.63, 3.8) is 0 Å². The van der Waals surface area contributed by atoms with Crippen molar-refractivity contribution in [3.8, 4) is 0 Å². The van der Waals surface area contributed by atoms with E-state index in [1.165, 1.54) is 0 Å². The van der Waals surface area contributed by atoms with Gasteiger partial charge in [0.15, 0.2) is 0 Å². The number of hydrogen-bond acceptors (Lipinski definition) is 12. The second kappa shape index (κ2) is 29.6. The van der Waals surface area contributed by atoms with Gasteiger partial charge in [-0.2, -0.15) is 0 Å². The largest absolute Gasteiger partial charge is 0.481 e. The zero-order valence-corrected chi connectivity index (χ0v) is 23.3. The van der Waals surface area contributed by atoms with E-state index in [9.17, 15) is 19.2 Å². The first-order valence-corrected chi connectivity index (χ1v) is 13.6. The summed E-state index contributed by atoms with van der Waals surface area (Å²) in [6.45, 7) is 4.93. The first-order chi connectivity index (χ1) is 19.4. The minimum absolute atomic E-state index is 0.0523. The van der Waals surface area contributed by atoms with Gasteiger partial charge in [0.25, 0.3) is 0 Å². The quantitative estimate of drug-likeness (QED) is 0.0885. The Hall–Kier alpha value is -2.36. The Morgan fingerprint density at radius 3 is 0.825 bits per heavy atom. The van der Waals surface area contributed by atoms with Crippen molar-refractivity contribution in [2.24, 2.45) is 0 Å². The van der Waals surface area contributed by atoms with Crippen LogP contribution in [-0.2, 0) is 57.1 Å². The number of esters is 2. The lowest BCUT2D eigenvalue weighted by molar-refractivity contribution is -0.146. The average Bonchev–Trinajstić information content (AvgIpc) is 2.91. The van der Waals surface area contributed by atoms with Gasteiger partial charge in [-0.1, -0.05) is 0 Å². The number of carbonyl (C=O) groups excluding carboxylic acids is 2. The molecule has 0 spiro atoms. The van der Waals surface area contributed by atoms with Crippen LogP contribution in [0.25, 0.3) is 0 Å². The van der Waals surface area contributed by atoms with Gasteiger partial charge in [-0.3, -0.25) is 19.2 Å². The fraction of sp³-hybridized carbons (Fsp3) is 0.846. The summed E-state index contributed by atoms with van der Waals surface area (Å²) >= 11 is 0. The van der Waals surface area contributed by atoms with Gasteiger partial charge < -0.3 is 48.1 Å². The summed E-state index contributed by atoms with van der Waals surface area (Å²) in [6, 6.07) is 0. The van der Waals surface area contributed by atoms with E-state index in [2.05, 4.69) is 0 Å². The second-order valence-corrected chi connectivity index (χ2v) is 8.32. The Balaban J connectivity index is 3.17. The molecular weight excluding hydrogens is 536 g/mol. The van der Waals surface area contributed by atoms with Crippen molar-refractivity contribution in [2.75, 3.05) is 92.5 Å². The van der Waals surface area contributed by atoms with Gasteiger partial charge in [0.05, 0.1) is 79.3 Å². The summed E-state index contributed by atoms with van der Waals surface area (Å²) in [7, 11) is 0. The van der Waals surface area contributed by atoms with Crippen LogP contribution in [0.1, 0.15) is 51.4 Å². The van der Waals surface area contributed by atoms with E-state index in [4.69, 9.17) is 48.1 Å². The molecule has 0 aliphatic carbocycles. The van der Waals surface area contributed by atoms with Gasteiger partial charge >= 0.3 is 23.9 Å². The molecule has 0 heterocycles. The number of hydrogen-bond donors (Lipinski definition) is 2. The van der Waals surface area contributed by atoms with Crippen molar-refractivity contribution >= 4 is 23.9 Å². The fourth-order valence-electron chi connectivity index (χ4n) is 2.87. The number of carbonyl (C=O) groups is 4. The van der Waals surface area contributed by atoms with Gasteiger partial charge in [0, 0.05) is 25.7 Å². The van der Waals surface area contributed by atoms with Crippen LogP contribution in [0.2, 0.25) is 0 Å². The van der Waals surface area contributed by atoms with Crippen LogP contribution in [0.5, 0.6) is 0 Å². The molecule has 0 aromatic rings. The van der Waals surface area contributed by atoms with E-state index in [1.807, 2.05) is 0 Å². The molecule has 0 aliphatic heterocycles. The molecule has 0 atom stereocenters. The highest BCUT2D eigenvalue weighted by Crippen LogP contribution is 2.02. The smallest absolute Gasteiger partial charge is 0.305 e. The molecule has 2 N–H and O–H groups in total. The zero-order valence-electron chi connectivity index (χ0n) is 23.3. The number of carboxylic acids is 2. The molecule has 0 fully saturated rings. The molecule has 0 saturated carbocycles. The van der Waals surface area contributed by atoms with Gasteiger partial charge in [-0.15, -0.1) is 0 Å². The molecule has 0 bridgehead atoms. The molecule has 14 nitrogen and oxygen atoms in total. The minimum Gasteiger partial charge on any atom is -0.481 e. The predicted octanol–water partition coefficient (Wildman–Crippen LogP) is 1.46. The lowest BCUT2D eigenvalue weighted by atomic mass is 10.2. The first-order valence-electron chi connectivity index (χ1n) is 13.6. The third kappa shape index (κ3) is 31.9. The molecule has 0 saturated heterocycles. The van der Waals surface area contributed by atoms with Crippen molar-refractivity contribution in [1.82, 2.24) is 0 Å². The molecule has 0 aromatic carbocycles. The summed E-state index contributed by atoms with van der Waals surface area (Å²) in [5.41, 5.74) is 0.